The standard InChI is InChI=1S/C15H14N2O3S/c1-18-9-5-6-11(19-2)10(8-9)14-13(15(16)20-17-14)12-4-3-7-21-12/h3-8H,16H2,1-2H3. The zero-order chi connectivity index (χ0) is 14.8. The summed E-state index contributed by atoms with van der Waals surface area (Å²) in [5.41, 5.74) is 8.13. The zero-order valence-corrected chi connectivity index (χ0v) is 12.4. The first-order chi connectivity index (χ1) is 10.2. The van der Waals surface area contributed by atoms with Crippen LogP contribution in [0.25, 0.3) is 21.7 Å². The third kappa shape index (κ3) is 2.34. The van der Waals surface area contributed by atoms with Crippen LogP contribution in [0.2, 0.25) is 0 Å². The first kappa shape index (κ1) is 13.5. The smallest absolute Gasteiger partial charge is 0.231 e. The highest BCUT2D eigenvalue weighted by Crippen LogP contribution is 2.42. The van der Waals surface area contributed by atoms with Gasteiger partial charge in [-0.2, -0.15) is 0 Å². The summed E-state index contributed by atoms with van der Waals surface area (Å²) in [5, 5.41) is 6.08. The highest BCUT2D eigenvalue weighted by molar-refractivity contribution is 7.13. The fourth-order valence-electron chi connectivity index (χ4n) is 2.14. The Hall–Kier alpha value is -2.47. The number of rotatable bonds is 4. The third-order valence-corrected chi connectivity index (χ3v) is 4.04. The van der Waals surface area contributed by atoms with Crippen LogP contribution in [0.15, 0.2) is 40.2 Å². The van der Waals surface area contributed by atoms with Crippen LogP contribution in [0.3, 0.4) is 0 Å². The number of benzene rings is 1. The Kier molecular flexibility index (Phi) is 3.53. The average molecular weight is 302 g/mol. The van der Waals surface area contributed by atoms with Gasteiger partial charge in [-0.3, -0.25) is 0 Å². The Morgan fingerprint density at radius 3 is 2.71 bits per heavy atom. The lowest BCUT2D eigenvalue weighted by atomic mass is 10.0. The Balaban J connectivity index is 2.22. The average Bonchev–Trinajstić information content (AvgIpc) is 3.15. The molecule has 0 aliphatic rings. The Morgan fingerprint density at radius 1 is 1.19 bits per heavy atom. The number of aromatic nitrogens is 1. The summed E-state index contributed by atoms with van der Waals surface area (Å²) >= 11 is 1.57. The monoisotopic (exact) mass is 302 g/mol. The molecule has 0 bridgehead atoms. The molecule has 108 valence electrons. The van der Waals surface area contributed by atoms with Gasteiger partial charge in [0.2, 0.25) is 5.88 Å². The zero-order valence-electron chi connectivity index (χ0n) is 11.6. The number of nitrogen functional groups attached to an aromatic ring is 1. The predicted octanol–water partition coefficient (Wildman–Crippen LogP) is 3.67. The number of thiophene rings is 1. The molecule has 21 heavy (non-hydrogen) atoms. The quantitative estimate of drug-likeness (QED) is 0.796. The molecule has 1 aromatic carbocycles. The molecule has 0 saturated carbocycles. The molecule has 0 spiro atoms. The van der Waals surface area contributed by atoms with Crippen LogP contribution in [-0.4, -0.2) is 19.4 Å². The van der Waals surface area contributed by atoms with Gasteiger partial charge in [0, 0.05) is 4.88 Å². The van der Waals surface area contributed by atoms with E-state index in [9.17, 15) is 0 Å². The van der Waals surface area contributed by atoms with E-state index in [-0.39, 0.29) is 5.88 Å². The Labute approximate surface area is 125 Å². The molecular formula is C15H14N2O3S. The minimum absolute atomic E-state index is 0.289. The molecule has 2 aromatic heterocycles. The van der Waals surface area contributed by atoms with Crippen molar-refractivity contribution in [3.05, 3.63) is 35.7 Å². The van der Waals surface area contributed by atoms with Crippen LogP contribution in [0.5, 0.6) is 11.5 Å². The SMILES string of the molecule is COc1ccc(OC)c(-c2noc(N)c2-c2cccs2)c1. The number of methoxy groups -OCH3 is 2. The fraction of sp³-hybridized carbons (Fsp3) is 0.133. The van der Waals surface area contributed by atoms with E-state index in [0.29, 0.717) is 17.2 Å². The maximum atomic E-state index is 5.94. The van der Waals surface area contributed by atoms with Crippen molar-refractivity contribution in [2.45, 2.75) is 0 Å². The molecule has 0 unspecified atom stereocenters. The summed E-state index contributed by atoms with van der Waals surface area (Å²) in [5.74, 6) is 1.68. The minimum Gasteiger partial charge on any atom is -0.497 e. The first-order valence-corrected chi connectivity index (χ1v) is 7.14. The fourth-order valence-corrected chi connectivity index (χ4v) is 2.92. The van der Waals surface area contributed by atoms with Gasteiger partial charge in [0.05, 0.1) is 25.3 Å². The van der Waals surface area contributed by atoms with Crippen molar-refractivity contribution in [1.82, 2.24) is 5.16 Å². The second-order valence-electron chi connectivity index (χ2n) is 4.31. The van der Waals surface area contributed by atoms with Gasteiger partial charge in [-0.1, -0.05) is 11.2 Å². The Morgan fingerprint density at radius 2 is 2.05 bits per heavy atom. The molecule has 0 aliphatic heterocycles. The molecule has 0 atom stereocenters. The van der Waals surface area contributed by atoms with Gasteiger partial charge in [-0.05, 0) is 29.6 Å². The molecule has 0 aliphatic carbocycles. The van der Waals surface area contributed by atoms with Crippen molar-refractivity contribution >= 4 is 17.2 Å². The van der Waals surface area contributed by atoms with Gasteiger partial charge in [-0.25, -0.2) is 0 Å². The Bertz CT molecular complexity index is 750. The van der Waals surface area contributed by atoms with E-state index in [1.165, 1.54) is 0 Å². The molecule has 0 radical (unpaired) electrons. The second kappa shape index (κ2) is 5.49. The van der Waals surface area contributed by atoms with Crippen molar-refractivity contribution in [3.8, 4) is 33.2 Å². The van der Waals surface area contributed by atoms with Gasteiger partial charge >= 0.3 is 0 Å². The predicted molar refractivity (Wildman–Crippen MR) is 82.8 cm³/mol. The van der Waals surface area contributed by atoms with E-state index in [0.717, 1.165) is 16.0 Å². The molecule has 5 nitrogen and oxygen atoms in total. The molecule has 0 saturated heterocycles. The highest BCUT2D eigenvalue weighted by Gasteiger charge is 2.21. The van der Waals surface area contributed by atoms with Gasteiger partial charge in [0.1, 0.15) is 17.2 Å². The first-order valence-electron chi connectivity index (χ1n) is 6.26. The number of nitrogens with zero attached hydrogens (tertiary/aromatic N) is 1. The maximum absolute atomic E-state index is 5.94. The van der Waals surface area contributed by atoms with Crippen LogP contribution in [0.4, 0.5) is 5.88 Å². The van der Waals surface area contributed by atoms with E-state index in [1.807, 2.05) is 35.7 Å². The van der Waals surface area contributed by atoms with Crippen LogP contribution >= 0.6 is 11.3 Å². The normalized spacial score (nSPS) is 10.6. The van der Waals surface area contributed by atoms with Gasteiger partial charge in [0.25, 0.3) is 0 Å². The van der Waals surface area contributed by atoms with Crippen molar-refractivity contribution < 1.29 is 14.0 Å². The third-order valence-electron chi connectivity index (χ3n) is 3.15. The van der Waals surface area contributed by atoms with E-state index in [4.69, 9.17) is 19.7 Å². The van der Waals surface area contributed by atoms with E-state index < -0.39 is 0 Å². The van der Waals surface area contributed by atoms with Gasteiger partial charge in [0.15, 0.2) is 0 Å². The molecule has 3 rings (SSSR count). The number of nitrogens with two attached hydrogens (primary N) is 1. The lowest BCUT2D eigenvalue weighted by Crippen LogP contribution is -1.92. The lowest BCUT2D eigenvalue weighted by molar-refractivity contribution is 0.403. The van der Waals surface area contributed by atoms with Crippen LogP contribution in [-0.2, 0) is 0 Å². The molecule has 6 heteroatoms. The van der Waals surface area contributed by atoms with E-state index >= 15 is 0 Å². The second-order valence-corrected chi connectivity index (χ2v) is 5.26. The topological polar surface area (TPSA) is 70.5 Å². The minimum atomic E-state index is 0.289. The van der Waals surface area contributed by atoms with E-state index in [2.05, 4.69) is 5.16 Å². The molecule has 0 fully saturated rings. The summed E-state index contributed by atoms with van der Waals surface area (Å²) in [6.07, 6.45) is 0. The van der Waals surface area contributed by atoms with Crippen LogP contribution in [0, 0.1) is 0 Å². The van der Waals surface area contributed by atoms with E-state index in [1.54, 1.807) is 25.6 Å². The van der Waals surface area contributed by atoms with Crippen molar-refractivity contribution in [1.29, 1.82) is 0 Å². The summed E-state index contributed by atoms with van der Waals surface area (Å²) in [7, 11) is 3.22. The summed E-state index contributed by atoms with van der Waals surface area (Å²) in [6, 6.07) is 9.45. The van der Waals surface area contributed by atoms with Crippen LogP contribution < -0.4 is 15.2 Å². The number of ether oxygens (including phenoxy) is 2. The molecule has 3 aromatic rings. The maximum Gasteiger partial charge on any atom is 0.231 e. The summed E-state index contributed by atoms with van der Waals surface area (Å²) in [6.45, 7) is 0. The number of hydrogen-bond donors (Lipinski definition) is 1. The number of anilines is 1. The van der Waals surface area contributed by atoms with Gasteiger partial charge in [-0.15, -0.1) is 11.3 Å². The van der Waals surface area contributed by atoms with Gasteiger partial charge < -0.3 is 19.7 Å². The molecule has 0 amide bonds. The lowest BCUT2D eigenvalue weighted by Gasteiger charge is -2.09. The molecular weight excluding hydrogens is 288 g/mol. The highest BCUT2D eigenvalue weighted by atomic mass is 32.1. The largest absolute Gasteiger partial charge is 0.497 e. The number of hydrogen-bond acceptors (Lipinski definition) is 6. The van der Waals surface area contributed by atoms with Crippen molar-refractivity contribution in [2.75, 3.05) is 20.0 Å². The molecule has 2 heterocycles. The van der Waals surface area contributed by atoms with Crippen molar-refractivity contribution in [2.24, 2.45) is 0 Å². The van der Waals surface area contributed by atoms with Crippen LogP contribution in [0.1, 0.15) is 0 Å². The molecule has 2 N–H and O–H groups in total. The summed E-state index contributed by atoms with van der Waals surface area (Å²) < 4.78 is 15.9. The summed E-state index contributed by atoms with van der Waals surface area (Å²) in [4.78, 5) is 0.994. The van der Waals surface area contributed by atoms with Crippen molar-refractivity contribution in [3.63, 3.8) is 0 Å².